The lowest BCUT2D eigenvalue weighted by Gasteiger charge is -2.13. The van der Waals surface area contributed by atoms with E-state index in [0.29, 0.717) is 13.2 Å². The minimum atomic E-state index is 0.0780. The average Bonchev–Trinajstić information content (AvgIpc) is 2.84. The molecule has 1 fully saturated rings. The van der Waals surface area contributed by atoms with Crippen molar-refractivity contribution < 1.29 is 9.53 Å². The summed E-state index contributed by atoms with van der Waals surface area (Å²) in [6.45, 7) is 3.10. The largest absolute Gasteiger partial charge is 0.494 e. The minimum absolute atomic E-state index is 0.0780. The van der Waals surface area contributed by atoms with Crippen LogP contribution in [0.1, 0.15) is 31.7 Å². The highest BCUT2D eigenvalue weighted by Crippen LogP contribution is 2.24. The van der Waals surface area contributed by atoms with Gasteiger partial charge in [0.25, 0.3) is 0 Å². The minimum Gasteiger partial charge on any atom is -0.494 e. The lowest BCUT2D eigenvalue weighted by molar-refractivity contribution is -0.125. The quantitative estimate of drug-likeness (QED) is 0.851. The van der Waals surface area contributed by atoms with Gasteiger partial charge in [0.15, 0.2) is 0 Å². The molecule has 0 aromatic heterocycles. The van der Waals surface area contributed by atoms with Crippen LogP contribution in [0.15, 0.2) is 24.3 Å². The molecule has 19 heavy (non-hydrogen) atoms. The van der Waals surface area contributed by atoms with Gasteiger partial charge in [0.05, 0.1) is 6.61 Å². The second-order valence-corrected chi connectivity index (χ2v) is 5.03. The predicted octanol–water partition coefficient (Wildman–Crippen LogP) is 1.83. The number of benzene rings is 1. The smallest absolute Gasteiger partial charge is 0.223 e. The van der Waals surface area contributed by atoms with Crippen molar-refractivity contribution in [2.75, 3.05) is 6.61 Å². The maximum absolute atomic E-state index is 12.0. The summed E-state index contributed by atoms with van der Waals surface area (Å²) in [5.74, 6) is 1.03. The molecule has 1 saturated carbocycles. The van der Waals surface area contributed by atoms with Gasteiger partial charge < -0.3 is 15.8 Å². The summed E-state index contributed by atoms with van der Waals surface area (Å²) in [5.41, 5.74) is 6.85. The highest BCUT2D eigenvalue weighted by atomic mass is 16.5. The van der Waals surface area contributed by atoms with Gasteiger partial charge in [0, 0.05) is 24.1 Å². The second-order valence-electron chi connectivity index (χ2n) is 5.03. The molecule has 2 rings (SSSR count). The van der Waals surface area contributed by atoms with Crippen molar-refractivity contribution >= 4 is 5.91 Å². The van der Waals surface area contributed by atoms with Crippen LogP contribution in [-0.4, -0.2) is 18.6 Å². The van der Waals surface area contributed by atoms with Crippen molar-refractivity contribution in [1.29, 1.82) is 0 Å². The molecule has 0 spiro atoms. The van der Waals surface area contributed by atoms with Crippen LogP contribution in [-0.2, 0) is 11.3 Å². The molecule has 2 atom stereocenters. The third kappa shape index (κ3) is 3.70. The molecule has 4 nitrogen and oxygen atoms in total. The maximum atomic E-state index is 12.0. The zero-order chi connectivity index (χ0) is 13.7. The van der Waals surface area contributed by atoms with Crippen molar-refractivity contribution in [2.45, 2.75) is 38.8 Å². The van der Waals surface area contributed by atoms with Crippen molar-refractivity contribution in [3.05, 3.63) is 29.8 Å². The molecule has 1 aliphatic carbocycles. The van der Waals surface area contributed by atoms with Gasteiger partial charge in [-0.05, 0) is 32.3 Å². The molecular formula is C15H22N2O2. The molecule has 0 aliphatic heterocycles. The van der Waals surface area contributed by atoms with Gasteiger partial charge >= 0.3 is 0 Å². The van der Waals surface area contributed by atoms with Gasteiger partial charge in [-0.1, -0.05) is 18.2 Å². The van der Waals surface area contributed by atoms with Gasteiger partial charge in [-0.2, -0.15) is 0 Å². The Kier molecular flexibility index (Phi) is 4.80. The molecular weight excluding hydrogens is 240 g/mol. The number of hydrogen-bond donors (Lipinski definition) is 2. The molecule has 0 bridgehead atoms. The molecule has 1 amide bonds. The molecule has 1 aromatic carbocycles. The summed E-state index contributed by atoms with van der Waals surface area (Å²) in [6, 6.07) is 7.98. The summed E-state index contributed by atoms with van der Waals surface area (Å²) in [4.78, 5) is 12.0. The second kappa shape index (κ2) is 6.57. The maximum Gasteiger partial charge on any atom is 0.223 e. The molecule has 1 aromatic rings. The third-order valence-corrected chi connectivity index (χ3v) is 3.57. The first kappa shape index (κ1) is 13.9. The Balaban J connectivity index is 1.89. The Bertz CT molecular complexity index is 434. The molecule has 0 saturated heterocycles. The summed E-state index contributed by atoms with van der Waals surface area (Å²) >= 11 is 0. The monoisotopic (exact) mass is 262 g/mol. The van der Waals surface area contributed by atoms with E-state index < -0.39 is 0 Å². The van der Waals surface area contributed by atoms with E-state index in [2.05, 4.69) is 5.32 Å². The molecule has 2 unspecified atom stereocenters. The van der Waals surface area contributed by atoms with Crippen molar-refractivity contribution in [2.24, 2.45) is 11.7 Å². The van der Waals surface area contributed by atoms with Gasteiger partial charge in [-0.3, -0.25) is 4.79 Å². The van der Waals surface area contributed by atoms with Crippen LogP contribution in [0.5, 0.6) is 5.75 Å². The topological polar surface area (TPSA) is 64.3 Å². The van der Waals surface area contributed by atoms with E-state index in [1.54, 1.807) is 0 Å². The molecule has 3 N–H and O–H groups in total. The van der Waals surface area contributed by atoms with Gasteiger partial charge in [-0.15, -0.1) is 0 Å². The molecule has 4 heteroatoms. The summed E-state index contributed by atoms with van der Waals surface area (Å²) < 4.78 is 5.54. The number of rotatable bonds is 5. The summed E-state index contributed by atoms with van der Waals surface area (Å²) in [6.07, 6.45) is 2.66. The van der Waals surface area contributed by atoms with E-state index in [-0.39, 0.29) is 17.9 Å². The first-order valence-corrected chi connectivity index (χ1v) is 6.94. The Morgan fingerprint density at radius 2 is 2.21 bits per heavy atom. The lowest BCUT2D eigenvalue weighted by atomic mass is 10.1. The van der Waals surface area contributed by atoms with E-state index in [1.807, 2.05) is 31.2 Å². The zero-order valence-electron chi connectivity index (χ0n) is 11.4. The molecule has 104 valence electrons. The summed E-state index contributed by atoms with van der Waals surface area (Å²) in [5, 5.41) is 2.99. The van der Waals surface area contributed by atoms with E-state index in [1.165, 1.54) is 0 Å². The van der Waals surface area contributed by atoms with Crippen molar-refractivity contribution in [3.8, 4) is 5.75 Å². The lowest BCUT2D eigenvalue weighted by Crippen LogP contribution is -2.30. The Morgan fingerprint density at radius 1 is 1.42 bits per heavy atom. The number of ether oxygens (including phenoxy) is 1. The molecule has 0 radical (unpaired) electrons. The fourth-order valence-electron chi connectivity index (χ4n) is 2.53. The van der Waals surface area contributed by atoms with Crippen LogP contribution in [0.25, 0.3) is 0 Å². The fourth-order valence-corrected chi connectivity index (χ4v) is 2.53. The third-order valence-electron chi connectivity index (χ3n) is 3.57. The highest BCUT2D eigenvalue weighted by molar-refractivity contribution is 5.79. The van der Waals surface area contributed by atoms with Gasteiger partial charge in [0.2, 0.25) is 5.91 Å². The van der Waals surface area contributed by atoms with E-state index in [0.717, 1.165) is 30.6 Å². The van der Waals surface area contributed by atoms with Crippen LogP contribution in [0.3, 0.4) is 0 Å². The van der Waals surface area contributed by atoms with Gasteiger partial charge in [-0.25, -0.2) is 0 Å². The first-order chi connectivity index (χ1) is 9.20. The Morgan fingerprint density at radius 3 is 2.89 bits per heavy atom. The number of amides is 1. The van der Waals surface area contributed by atoms with Crippen LogP contribution >= 0.6 is 0 Å². The average molecular weight is 262 g/mol. The number of nitrogens with two attached hydrogens (primary N) is 1. The standard InChI is InChI=1S/C15H22N2O2/c1-2-19-14-6-4-3-5-12(14)10-17-15(18)11-7-8-13(16)9-11/h3-6,11,13H,2,7-10,16H2,1H3,(H,17,18). The molecule has 1 aliphatic rings. The van der Waals surface area contributed by atoms with E-state index in [4.69, 9.17) is 10.5 Å². The first-order valence-electron chi connectivity index (χ1n) is 6.94. The van der Waals surface area contributed by atoms with E-state index in [9.17, 15) is 4.79 Å². The zero-order valence-corrected chi connectivity index (χ0v) is 11.4. The number of para-hydroxylation sites is 1. The van der Waals surface area contributed by atoms with Crippen LogP contribution in [0, 0.1) is 5.92 Å². The predicted molar refractivity (Wildman–Crippen MR) is 74.8 cm³/mol. The number of hydrogen-bond acceptors (Lipinski definition) is 3. The Labute approximate surface area is 114 Å². The number of carbonyl (C=O) groups is 1. The SMILES string of the molecule is CCOc1ccccc1CNC(=O)C1CCC(N)C1. The Hall–Kier alpha value is -1.55. The normalized spacial score (nSPS) is 22.2. The van der Waals surface area contributed by atoms with Crippen LogP contribution in [0.2, 0.25) is 0 Å². The van der Waals surface area contributed by atoms with E-state index >= 15 is 0 Å². The highest BCUT2D eigenvalue weighted by Gasteiger charge is 2.27. The van der Waals surface area contributed by atoms with Gasteiger partial charge in [0.1, 0.15) is 5.75 Å². The number of carbonyl (C=O) groups excluding carboxylic acids is 1. The van der Waals surface area contributed by atoms with Crippen LogP contribution in [0.4, 0.5) is 0 Å². The fraction of sp³-hybridized carbons (Fsp3) is 0.533. The summed E-state index contributed by atoms with van der Waals surface area (Å²) in [7, 11) is 0. The van der Waals surface area contributed by atoms with Crippen molar-refractivity contribution in [3.63, 3.8) is 0 Å². The van der Waals surface area contributed by atoms with Crippen LogP contribution < -0.4 is 15.8 Å². The van der Waals surface area contributed by atoms with Crippen molar-refractivity contribution in [1.82, 2.24) is 5.32 Å². The molecule has 0 heterocycles. The number of nitrogens with one attached hydrogen (secondary N) is 1.